The molecule has 1 aromatic carbocycles. The molecule has 1 N–H and O–H groups in total. The van der Waals surface area contributed by atoms with Crippen LogP contribution in [0.4, 0.5) is 5.82 Å². The maximum Gasteiger partial charge on any atom is 0.270 e. The van der Waals surface area contributed by atoms with Crippen LogP contribution in [0.5, 0.6) is 11.5 Å². The highest BCUT2D eigenvalue weighted by atomic mass is 16.5. The topological polar surface area (TPSA) is 76.6 Å². The van der Waals surface area contributed by atoms with Crippen molar-refractivity contribution in [2.45, 2.75) is 32.7 Å². The summed E-state index contributed by atoms with van der Waals surface area (Å²) >= 11 is 0. The third-order valence-electron chi connectivity index (χ3n) is 4.64. The first kappa shape index (κ1) is 18.9. The highest BCUT2D eigenvalue weighted by Crippen LogP contribution is 2.27. The van der Waals surface area contributed by atoms with Gasteiger partial charge in [0.2, 0.25) is 0 Å². The lowest BCUT2D eigenvalue weighted by Crippen LogP contribution is -2.31. The molecule has 0 radical (unpaired) electrons. The van der Waals surface area contributed by atoms with E-state index in [1.54, 1.807) is 20.3 Å². The number of rotatable bonds is 6. The van der Waals surface area contributed by atoms with Gasteiger partial charge in [0.05, 0.1) is 14.2 Å². The number of aromatic nitrogens is 2. The number of carbonyl (C=O) groups excluding carboxylic acids is 1. The van der Waals surface area contributed by atoms with Crippen molar-refractivity contribution in [3.8, 4) is 11.5 Å². The Labute approximate surface area is 159 Å². The Morgan fingerprint density at radius 2 is 1.81 bits per heavy atom. The van der Waals surface area contributed by atoms with Crippen LogP contribution in [0.1, 0.15) is 41.1 Å². The number of amides is 1. The van der Waals surface area contributed by atoms with Crippen molar-refractivity contribution in [1.82, 2.24) is 15.3 Å². The fourth-order valence-corrected chi connectivity index (χ4v) is 3.22. The summed E-state index contributed by atoms with van der Waals surface area (Å²) < 4.78 is 10.5. The maximum absolute atomic E-state index is 12.6. The monoisotopic (exact) mass is 370 g/mol. The predicted octanol–water partition coefficient (Wildman–Crippen LogP) is 2.72. The number of piperidine rings is 1. The molecule has 1 aliphatic rings. The number of anilines is 1. The van der Waals surface area contributed by atoms with E-state index in [4.69, 9.17) is 9.47 Å². The second-order valence-corrected chi connectivity index (χ2v) is 6.58. The molecule has 0 bridgehead atoms. The molecule has 0 unspecified atom stereocenters. The molecule has 7 heteroatoms. The van der Waals surface area contributed by atoms with Gasteiger partial charge in [-0.3, -0.25) is 4.79 Å². The fraction of sp³-hybridized carbons (Fsp3) is 0.450. The Bertz CT molecular complexity index is 804. The SMILES string of the molecule is COc1ccc(CNC(=O)c2cc(N3CCCCC3)nc(C)n2)cc1OC. The van der Waals surface area contributed by atoms with Gasteiger partial charge in [0.15, 0.2) is 11.5 Å². The zero-order valence-corrected chi connectivity index (χ0v) is 16.1. The minimum Gasteiger partial charge on any atom is -0.493 e. The molecule has 144 valence electrons. The number of hydrogen-bond donors (Lipinski definition) is 1. The Balaban J connectivity index is 1.70. The average molecular weight is 370 g/mol. The second-order valence-electron chi connectivity index (χ2n) is 6.58. The highest BCUT2D eigenvalue weighted by Gasteiger charge is 2.16. The summed E-state index contributed by atoms with van der Waals surface area (Å²) in [4.78, 5) is 23.6. The molecule has 0 aliphatic carbocycles. The lowest BCUT2D eigenvalue weighted by molar-refractivity contribution is 0.0945. The molecular formula is C20H26N4O3. The number of carbonyl (C=O) groups is 1. The molecule has 2 heterocycles. The zero-order chi connectivity index (χ0) is 19.2. The summed E-state index contributed by atoms with van der Waals surface area (Å²) in [6.45, 7) is 4.14. The van der Waals surface area contributed by atoms with Crippen LogP contribution in [-0.2, 0) is 6.54 Å². The van der Waals surface area contributed by atoms with Gasteiger partial charge in [-0.15, -0.1) is 0 Å². The van der Waals surface area contributed by atoms with Crippen LogP contribution in [0.25, 0.3) is 0 Å². The van der Waals surface area contributed by atoms with E-state index in [-0.39, 0.29) is 5.91 Å². The van der Waals surface area contributed by atoms with Crippen LogP contribution in [0.15, 0.2) is 24.3 Å². The smallest absolute Gasteiger partial charge is 0.270 e. The Morgan fingerprint density at radius 1 is 1.07 bits per heavy atom. The lowest BCUT2D eigenvalue weighted by atomic mass is 10.1. The first-order valence-electron chi connectivity index (χ1n) is 9.20. The molecule has 0 atom stereocenters. The Hall–Kier alpha value is -2.83. The molecule has 0 spiro atoms. The normalized spacial score (nSPS) is 14.0. The quantitative estimate of drug-likeness (QED) is 0.843. The number of methoxy groups -OCH3 is 2. The number of nitrogens with zero attached hydrogens (tertiary/aromatic N) is 3. The minimum atomic E-state index is -0.214. The van der Waals surface area contributed by atoms with Crippen molar-refractivity contribution in [2.24, 2.45) is 0 Å². The van der Waals surface area contributed by atoms with Crippen LogP contribution in [0.2, 0.25) is 0 Å². The van der Waals surface area contributed by atoms with Gasteiger partial charge in [-0.25, -0.2) is 9.97 Å². The zero-order valence-electron chi connectivity index (χ0n) is 16.1. The van der Waals surface area contributed by atoms with Crippen LogP contribution >= 0.6 is 0 Å². The van der Waals surface area contributed by atoms with Crippen molar-refractivity contribution >= 4 is 11.7 Å². The molecule has 1 saturated heterocycles. The molecule has 1 fully saturated rings. The van der Waals surface area contributed by atoms with Gasteiger partial charge in [-0.05, 0) is 43.9 Å². The Kier molecular flexibility index (Phi) is 6.11. The van der Waals surface area contributed by atoms with E-state index in [0.29, 0.717) is 29.6 Å². The lowest BCUT2D eigenvalue weighted by Gasteiger charge is -2.28. The summed E-state index contributed by atoms with van der Waals surface area (Å²) in [5.74, 6) is 2.51. The van der Waals surface area contributed by atoms with Gasteiger partial charge in [0.25, 0.3) is 5.91 Å². The molecule has 1 amide bonds. The van der Waals surface area contributed by atoms with Gasteiger partial charge in [-0.2, -0.15) is 0 Å². The summed E-state index contributed by atoms with van der Waals surface area (Å²) in [7, 11) is 3.18. The van der Waals surface area contributed by atoms with Crippen LogP contribution in [0.3, 0.4) is 0 Å². The average Bonchev–Trinajstić information content (AvgIpc) is 2.71. The van der Waals surface area contributed by atoms with Crippen molar-refractivity contribution in [3.63, 3.8) is 0 Å². The van der Waals surface area contributed by atoms with E-state index in [9.17, 15) is 4.79 Å². The number of aryl methyl sites for hydroxylation is 1. The summed E-state index contributed by atoms with van der Waals surface area (Å²) in [5, 5.41) is 2.92. The Morgan fingerprint density at radius 3 is 2.52 bits per heavy atom. The van der Waals surface area contributed by atoms with E-state index in [2.05, 4.69) is 20.2 Å². The second kappa shape index (κ2) is 8.70. The number of nitrogens with one attached hydrogen (secondary N) is 1. The molecular weight excluding hydrogens is 344 g/mol. The van der Waals surface area contributed by atoms with E-state index in [0.717, 1.165) is 37.3 Å². The first-order valence-corrected chi connectivity index (χ1v) is 9.20. The number of hydrogen-bond acceptors (Lipinski definition) is 6. The van der Waals surface area contributed by atoms with Gasteiger partial charge in [0.1, 0.15) is 17.3 Å². The van der Waals surface area contributed by atoms with E-state index >= 15 is 0 Å². The third kappa shape index (κ3) is 4.67. The number of benzene rings is 1. The predicted molar refractivity (Wildman–Crippen MR) is 104 cm³/mol. The fourth-order valence-electron chi connectivity index (χ4n) is 3.22. The molecule has 2 aromatic rings. The van der Waals surface area contributed by atoms with Crippen LogP contribution in [-0.4, -0.2) is 43.2 Å². The van der Waals surface area contributed by atoms with Crippen LogP contribution < -0.4 is 19.7 Å². The first-order chi connectivity index (χ1) is 13.1. The molecule has 27 heavy (non-hydrogen) atoms. The van der Waals surface area contributed by atoms with Gasteiger partial charge >= 0.3 is 0 Å². The standard InChI is InChI=1S/C20H26N4O3/c1-14-22-16(12-19(23-14)24-9-5-4-6-10-24)20(25)21-13-15-7-8-17(26-2)18(11-15)27-3/h7-8,11-12H,4-6,9-10,13H2,1-3H3,(H,21,25). The molecule has 1 aliphatic heterocycles. The summed E-state index contributed by atoms with van der Waals surface area (Å²) in [5.41, 5.74) is 1.31. The van der Waals surface area contributed by atoms with E-state index in [1.807, 2.05) is 25.1 Å². The summed E-state index contributed by atoms with van der Waals surface area (Å²) in [6, 6.07) is 7.35. The third-order valence-corrected chi connectivity index (χ3v) is 4.64. The van der Waals surface area contributed by atoms with Crippen molar-refractivity contribution in [1.29, 1.82) is 0 Å². The van der Waals surface area contributed by atoms with E-state index in [1.165, 1.54) is 6.42 Å². The molecule has 0 saturated carbocycles. The maximum atomic E-state index is 12.6. The molecule has 7 nitrogen and oxygen atoms in total. The van der Waals surface area contributed by atoms with Crippen molar-refractivity contribution < 1.29 is 14.3 Å². The molecule has 3 rings (SSSR count). The van der Waals surface area contributed by atoms with Gasteiger partial charge in [0, 0.05) is 25.7 Å². The van der Waals surface area contributed by atoms with E-state index < -0.39 is 0 Å². The van der Waals surface area contributed by atoms with Gasteiger partial charge in [-0.1, -0.05) is 6.07 Å². The minimum absolute atomic E-state index is 0.214. The largest absolute Gasteiger partial charge is 0.493 e. The van der Waals surface area contributed by atoms with Crippen LogP contribution in [0, 0.1) is 6.92 Å². The van der Waals surface area contributed by atoms with Gasteiger partial charge < -0.3 is 19.7 Å². The van der Waals surface area contributed by atoms with Crippen molar-refractivity contribution in [2.75, 3.05) is 32.2 Å². The highest BCUT2D eigenvalue weighted by molar-refractivity contribution is 5.92. The number of ether oxygens (including phenoxy) is 2. The molecule has 1 aromatic heterocycles. The summed E-state index contributed by atoms with van der Waals surface area (Å²) in [6.07, 6.45) is 3.56. The van der Waals surface area contributed by atoms with Crippen molar-refractivity contribution in [3.05, 3.63) is 41.3 Å².